The highest BCUT2D eigenvalue weighted by molar-refractivity contribution is 5.80. The number of carbonyl (C=O) groups is 2. The van der Waals surface area contributed by atoms with Crippen molar-refractivity contribution < 1.29 is 18.7 Å². The first-order chi connectivity index (χ1) is 18.3. The number of H-pyrrole nitrogens is 1. The van der Waals surface area contributed by atoms with Crippen molar-refractivity contribution in [2.24, 2.45) is 5.92 Å². The van der Waals surface area contributed by atoms with E-state index in [-0.39, 0.29) is 17.8 Å². The number of unbranched alkanes of at least 4 members (excludes halogenated alkanes) is 3. The number of hydrogen-bond donors (Lipinski definition) is 1. The summed E-state index contributed by atoms with van der Waals surface area (Å²) in [6.45, 7) is 12.3. The molecule has 2 fully saturated rings. The standard InChI is InChI=1S/C29H44N4O5/c1-4-5-6-7-16-37-26(34)20-31-12-14-32(15-13-31)24-8-10-33(11-9-24)28(35)22(3)18-23-17-21(2)27-25(19-23)38-29(36)30-27/h17,19,22,24H,4-16,18,20H2,1-3H3,(H,30,36)/t22-/m1/s1. The zero-order valence-corrected chi connectivity index (χ0v) is 23.3. The Bertz CT molecular complexity index is 1130. The summed E-state index contributed by atoms with van der Waals surface area (Å²) in [7, 11) is 0. The number of rotatable bonds is 11. The summed E-state index contributed by atoms with van der Waals surface area (Å²) in [6, 6.07) is 4.38. The molecule has 4 rings (SSSR count). The number of oxazole rings is 1. The third-order valence-electron chi connectivity index (χ3n) is 8.07. The van der Waals surface area contributed by atoms with Gasteiger partial charge in [-0.3, -0.25) is 24.4 Å². The highest BCUT2D eigenvalue weighted by atomic mass is 16.5. The van der Waals surface area contributed by atoms with Gasteiger partial charge in [0.1, 0.15) is 0 Å². The van der Waals surface area contributed by atoms with Crippen LogP contribution < -0.4 is 5.76 Å². The van der Waals surface area contributed by atoms with Crippen LogP contribution in [0, 0.1) is 12.8 Å². The number of amides is 1. The predicted molar refractivity (Wildman–Crippen MR) is 147 cm³/mol. The summed E-state index contributed by atoms with van der Waals surface area (Å²) in [6.07, 6.45) is 7.04. The molecular formula is C29H44N4O5. The minimum absolute atomic E-state index is 0.108. The monoisotopic (exact) mass is 528 g/mol. The highest BCUT2D eigenvalue weighted by Crippen LogP contribution is 2.23. The van der Waals surface area contributed by atoms with Crippen LogP contribution in [0.2, 0.25) is 0 Å². The molecule has 2 saturated heterocycles. The minimum atomic E-state index is -0.454. The number of nitrogens with zero attached hydrogens (tertiary/aromatic N) is 3. The van der Waals surface area contributed by atoms with E-state index in [4.69, 9.17) is 9.15 Å². The van der Waals surface area contributed by atoms with E-state index in [1.54, 1.807) is 0 Å². The zero-order chi connectivity index (χ0) is 27.1. The van der Waals surface area contributed by atoms with Crippen molar-refractivity contribution in [3.8, 4) is 0 Å². The first-order valence-electron chi connectivity index (χ1n) is 14.4. The summed E-state index contributed by atoms with van der Waals surface area (Å²) in [5.41, 5.74) is 3.22. The van der Waals surface area contributed by atoms with Crippen LogP contribution in [-0.4, -0.2) is 90.0 Å². The normalized spacial score (nSPS) is 18.7. The quantitative estimate of drug-likeness (QED) is 0.353. The molecule has 2 aliphatic heterocycles. The smallest absolute Gasteiger partial charge is 0.417 e. The van der Waals surface area contributed by atoms with Gasteiger partial charge in [-0.1, -0.05) is 39.2 Å². The number of carbonyl (C=O) groups excluding carboxylic acids is 2. The Balaban J connectivity index is 1.17. The Morgan fingerprint density at radius 1 is 1.08 bits per heavy atom. The van der Waals surface area contributed by atoms with Crippen LogP contribution in [0.15, 0.2) is 21.3 Å². The molecule has 1 N–H and O–H groups in total. The molecule has 0 radical (unpaired) electrons. The van der Waals surface area contributed by atoms with Gasteiger partial charge in [0.05, 0.1) is 18.7 Å². The van der Waals surface area contributed by atoms with Crippen molar-refractivity contribution in [1.82, 2.24) is 19.7 Å². The van der Waals surface area contributed by atoms with E-state index in [0.717, 1.165) is 81.6 Å². The number of piperidine rings is 1. The first-order valence-corrected chi connectivity index (χ1v) is 14.4. The van der Waals surface area contributed by atoms with Crippen LogP contribution >= 0.6 is 0 Å². The van der Waals surface area contributed by atoms with Crippen LogP contribution in [-0.2, 0) is 20.7 Å². The van der Waals surface area contributed by atoms with Gasteiger partial charge in [0.15, 0.2) is 5.58 Å². The fourth-order valence-corrected chi connectivity index (χ4v) is 5.85. The largest absolute Gasteiger partial charge is 0.465 e. The average Bonchev–Trinajstić information content (AvgIpc) is 3.29. The summed E-state index contributed by atoms with van der Waals surface area (Å²) in [5.74, 6) is -0.508. The van der Waals surface area contributed by atoms with Gasteiger partial charge >= 0.3 is 11.7 Å². The molecule has 9 nitrogen and oxygen atoms in total. The molecule has 2 aliphatic rings. The molecular weight excluding hydrogens is 484 g/mol. The lowest BCUT2D eigenvalue weighted by atomic mass is 9.96. The number of aromatic nitrogens is 1. The maximum absolute atomic E-state index is 13.2. The number of benzene rings is 1. The van der Waals surface area contributed by atoms with Crippen LogP contribution in [0.3, 0.4) is 0 Å². The molecule has 0 spiro atoms. The number of aryl methyl sites for hydroxylation is 1. The lowest BCUT2D eigenvalue weighted by Crippen LogP contribution is -2.54. The lowest BCUT2D eigenvalue weighted by Gasteiger charge is -2.43. The maximum atomic E-state index is 13.2. The van der Waals surface area contributed by atoms with Gasteiger partial charge in [0, 0.05) is 51.2 Å². The van der Waals surface area contributed by atoms with Crippen molar-refractivity contribution in [2.45, 2.75) is 71.8 Å². The number of nitrogens with one attached hydrogen (secondary N) is 1. The van der Waals surface area contributed by atoms with Gasteiger partial charge in [0.25, 0.3) is 0 Å². The number of aromatic amines is 1. The fourth-order valence-electron chi connectivity index (χ4n) is 5.85. The molecule has 0 bridgehead atoms. The third kappa shape index (κ3) is 7.47. The molecule has 0 saturated carbocycles. The molecule has 1 atom stereocenters. The van der Waals surface area contributed by atoms with E-state index >= 15 is 0 Å². The molecule has 3 heterocycles. The molecule has 0 aliphatic carbocycles. The zero-order valence-electron chi connectivity index (χ0n) is 23.3. The van der Waals surface area contributed by atoms with Crippen molar-refractivity contribution >= 4 is 23.0 Å². The van der Waals surface area contributed by atoms with E-state index in [1.807, 2.05) is 30.9 Å². The Kier molecular flexibility index (Phi) is 10.0. The molecule has 1 aromatic heterocycles. The number of piperazine rings is 1. The van der Waals surface area contributed by atoms with Gasteiger partial charge in [0.2, 0.25) is 5.91 Å². The summed E-state index contributed by atoms with van der Waals surface area (Å²) >= 11 is 0. The fraction of sp³-hybridized carbons (Fsp3) is 0.690. The summed E-state index contributed by atoms with van der Waals surface area (Å²) in [4.78, 5) is 46.3. The number of ether oxygens (including phenoxy) is 1. The summed E-state index contributed by atoms with van der Waals surface area (Å²) in [5, 5.41) is 0. The number of hydrogen-bond acceptors (Lipinski definition) is 7. The lowest BCUT2D eigenvalue weighted by molar-refractivity contribution is -0.145. The van der Waals surface area contributed by atoms with Gasteiger partial charge in [-0.2, -0.15) is 0 Å². The first kappa shape index (κ1) is 28.4. The van der Waals surface area contributed by atoms with Crippen molar-refractivity contribution in [2.75, 3.05) is 52.4 Å². The molecule has 38 heavy (non-hydrogen) atoms. The molecule has 1 aromatic carbocycles. The molecule has 9 heteroatoms. The van der Waals surface area contributed by atoms with E-state index in [9.17, 15) is 14.4 Å². The average molecular weight is 529 g/mol. The van der Waals surface area contributed by atoms with Crippen molar-refractivity contribution in [1.29, 1.82) is 0 Å². The minimum Gasteiger partial charge on any atom is -0.465 e. The Morgan fingerprint density at radius 3 is 2.53 bits per heavy atom. The van der Waals surface area contributed by atoms with E-state index in [0.29, 0.717) is 31.2 Å². The van der Waals surface area contributed by atoms with Crippen molar-refractivity contribution in [3.63, 3.8) is 0 Å². The van der Waals surface area contributed by atoms with Gasteiger partial charge in [-0.15, -0.1) is 0 Å². The SMILES string of the molecule is CCCCCCOC(=O)CN1CCN(C2CCN(C(=O)[C@H](C)Cc3cc(C)c4[nH]c(=O)oc4c3)CC2)CC1. The topological polar surface area (TPSA) is 99.1 Å². The van der Waals surface area contributed by atoms with Crippen LogP contribution in [0.4, 0.5) is 0 Å². The Hall–Kier alpha value is -2.65. The molecule has 0 unspecified atom stereocenters. The van der Waals surface area contributed by atoms with Crippen LogP contribution in [0.5, 0.6) is 0 Å². The van der Waals surface area contributed by atoms with E-state index < -0.39 is 5.76 Å². The van der Waals surface area contributed by atoms with Crippen molar-refractivity contribution in [3.05, 3.63) is 33.8 Å². The van der Waals surface area contributed by atoms with Crippen LogP contribution in [0.1, 0.15) is 63.5 Å². The van der Waals surface area contributed by atoms with Gasteiger partial charge in [-0.05, 0) is 49.8 Å². The number of esters is 1. The van der Waals surface area contributed by atoms with Gasteiger partial charge in [-0.25, -0.2) is 4.79 Å². The second kappa shape index (κ2) is 13.4. The molecule has 2 aromatic rings. The Morgan fingerprint density at radius 2 is 1.82 bits per heavy atom. The summed E-state index contributed by atoms with van der Waals surface area (Å²) < 4.78 is 10.6. The van der Waals surface area contributed by atoms with E-state index in [1.165, 1.54) is 12.8 Å². The Labute approximate surface area is 225 Å². The number of likely N-dealkylation sites (tertiary alicyclic amines) is 1. The molecule has 210 valence electrons. The van der Waals surface area contributed by atoms with Gasteiger partial charge < -0.3 is 14.1 Å². The third-order valence-corrected chi connectivity index (χ3v) is 8.07. The highest BCUT2D eigenvalue weighted by Gasteiger charge is 2.31. The second-order valence-corrected chi connectivity index (χ2v) is 11.1. The van der Waals surface area contributed by atoms with Crippen LogP contribution in [0.25, 0.3) is 11.1 Å². The maximum Gasteiger partial charge on any atom is 0.417 e. The second-order valence-electron chi connectivity index (χ2n) is 11.1. The number of fused-ring (bicyclic) bond motifs is 1. The molecule has 1 amide bonds. The predicted octanol–water partition coefficient (Wildman–Crippen LogP) is 3.34. The van der Waals surface area contributed by atoms with E-state index in [2.05, 4.69) is 21.7 Å².